The van der Waals surface area contributed by atoms with E-state index in [1.54, 1.807) is 6.07 Å². The van der Waals surface area contributed by atoms with Crippen LogP contribution in [-0.4, -0.2) is 24.1 Å². The Morgan fingerprint density at radius 2 is 2.00 bits per heavy atom. The third-order valence-corrected chi connectivity index (χ3v) is 4.18. The maximum Gasteiger partial charge on any atom is 0.339 e. The molecule has 1 aromatic rings. The van der Waals surface area contributed by atoms with E-state index in [9.17, 15) is 4.79 Å². The Morgan fingerprint density at radius 1 is 1.35 bits per heavy atom. The maximum atomic E-state index is 11.5. The monoisotopic (exact) mass is 276 g/mol. The molecule has 1 aliphatic carbocycles. The minimum absolute atomic E-state index is 0.332. The molecule has 0 aliphatic heterocycles. The zero-order valence-corrected chi connectivity index (χ0v) is 12.8. The molecule has 0 spiro atoms. The summed E-state index contributed by atoms with van der Waals surface area (Å²) < 4.78 is 4.73. The number of carbonyl (C=O) groups excluding carboxylic acids is 1. The van der Waals surface area contributed by atoms with Gasteiger partial charge in [0, 0.05) is 6.04 Å². The molecule has 0 saturated heterocycles. The predicted molar refractivity (Wildman–Crippen MR) is 80.0 cm³/mol. The number of pyridine rings is 1. The van der Waals surface area contributed by atoms with Gasteiger partial charge in [-0.05, 0) is 50.2 Å². The molecule has 1 aliphatic rings. The van der Waals surface area contributed by atoms with Gasteiger partial charge in [0.25, 0.3) is 0 Å². The zero-order valence-electron chi connectivity index (χ0n) is 12.8. The van der Waals surface area contributed by atoms with Crippen molar-refractivity contribution < 1.29 is 9.53 Å². The maximum absolute atomic E-state index is 11.5. The molecule has 1 heterocycles. The highest BCUT2D eigenvalue weighted by Crippen LogP contribution is 2.35. The average Bonchev–Trinajstić information content (AvgIpc) is 2.40. The molecule has 2 rings (SSSR count). The fourth-order valence-corrected chi connectivity index (χ4v) is 2.72. The first kappa shape index (κ1) is 14.8. The fourth-order valence-electron chi connectivity index (χ4n) is 2.72. The van der Waals surface area contributed by atoms with Gasteiger partial charge in [0.05, 0.1) is 18.4 Å². The number of esters is 1. The quantitative estimate of drug-likeness (QED) is 0.858. The Kier molecular flexibility index (Phi) is 4.31. The average molecular weight is 276 g/mol. The number of carbonyl (C=O) groups is 1. The molecule has 110 valence electrons. The van der Waals surface area contributed by atoms with Crippen molar-refractivity contribution in [2.75, 3.05) is 12.4 Å². The number of aryl methyl sites for hydroxylation is 1. The number of rotatable bonds is 3. The standard InChI is InChI=1S/C16H24N2O2/c1-11-13(15(19)20-4)5-6-14(17-11)18-12-7-9-16(2,3)10-8-12/h5-6,12H,7-10H2,1-4H3,(H,17,18). The molecule has 0 atom stereocenters. The fraction of sp³-hybridized carbons (Fsp3) is 0.625. The van der Waals surface area contributed by atoms with Crippen LogP contribution >= 0.6 is 0 Å². The van der Waals surface area contributed by atoms with Crippen molar-refractivity contribution in [3.8, 4) is 0 Å². The van der Waals surface area contributed by atoms with Gasteiger partial charge in [-0.2, -0.15) is 0 Å². The van der Waals surface area contributed by atoms with Gasteiger partial charge in [0.15, 0.2) is 0 Å². The highest BCUT2D eigenvalue weighted by molar-refractivity contribution is 5.90. The van der Waals surface area contributed by atoms with Crippen molar-refractivity contribution in [3.05, 3.63) is 23.4 Å². The van der Waals surface area contributed by atoms with Crippen LogP contribution in [0.1, 0.15) is 55.6 Å². The van der Waals surface area contributed by atoms with Crippen LogP contribution in [0.5, 0.6) is 0 Å². The van der Waals surface area contributed by atoms with E-state index in [1.165, 1.54) is 32.8 Å². The number of methoxy groups -OCH3 is 1. The normalized spacial score (nSPS) is 18.6. The number of hydrogen-bond donors (Lipinski definition) is 1. The van der Waals surface area contributed by atoms with E-state index in [2.05, 4.69) is 24.1 Å². The summed E-state index contributed by atoms with van der Waals surface area (Å²) >= 11 is 0. The highest BCUT2D eigenvalue weighted by Gasteiger charge is 2.26. The number of nitrogens with one attached hydrogen (secondary N) is 1. The van der Waals surface area contributed by atoms with Crippen LogP contribution in [0.4, 0.5) is 5.82 Å². The minimum Gasteiger partial charge on any atom is -0.465 e. The molecule has 1 aromatic heterocycles. The summed E-state index contributed by atoms with van der Waals surface area (Å²) in [5, 5.41) is 3.48. The third-order valence-electron chi connectivity index (χ3n) is 4.18. The van der Waals surface area contributed by atoms with Crippen LogP contribution in [0.3, 0.4) is 0 Å². The summed E-state index contributed by atoms with van der Waals surface area (Å²) in [7, 11) is 1.39. The highest BCUT2D eigenvalue weighted by atomic mass is 16.5. The van der Waals surface area contributed by atoms with Gasteiger partial charge in [-0.1, -0.05) is 13.8 Å². The Morgan fingerprint density at radius 3 is 2.55 bits per heavy atom. The first-order chi connectivity index (χ1) is 9.41. The summed E-state index contributed by atoms with van der Waals surface area (Å²) in [5.41, 5.74) is 1.71. The van der Waals surface area contributed by atoms with Gasteiger partial charge < -0.3 is 10.1 Å². The Hall–Kier alpha value is -1.58. The summed E-state index contributed by atoms with van der Waals surface area (Å²) in [6.07, 6.45) is 4.83. The van der Waals surface area contributed by atoms with Crippen LogP contribution in [0, 0.1) is 12.3 Å². The Bertz CT molecular complexity index is 487. The number of aromatic nitrogens is 1. The van der Waals surface area contributed by atoms with E-state index in [1.807, 2.05) is 13.0 Å². The summed E-state index contributed by atoms with van der Waals surface area (Å²) in [6, 6.07) is 4.13. The lowest BCUT2D eigenvalue weighted by Gasteiger charge is -2.34. The topological polar surface area (TPSA) is 51.2 Å². The number of hydrogen-bond acceptors (Lipinski definition) is 4. The van der Waals surface area contributed by atoms with Crippen LogP contribution in [0.15, 0.2) is 12.1 Å². The van der Waals surface area contributed by atoms with Crippen LogP contribution in [-0.2, 0) is 4.74 Å². The molecule has 0 bridgehead atoms. The van der Waals surface area contributed by atoms with E-state index in [-0.39, 0.29) is 5.97 Å². The molecule has 0 unspecified atom stereocenters. The van der Waals surface area contributed by atoms with Crippen molar-refractivity contribution in [1.29, 1.82) is 0 Å². The van der Waals surface area contributed by atoms with Crippen LogP contribution < -0.4 is 5.32 Å². The van der Waals surface area contributed by atoms with Crippen molar-refractivity contribution in [2.24, 2.45) is 5.41 Å². The Balaban J connectivity index is 2.01. The SMILES string of the molecule is COC(=O)c1ccc(NC2CCC(C)(C)CC2)nc1C. The van der Waals surface area contributed by atoms with Gasteiger partial charge >= 0.3 is 5.97 Å². The first-order valence-electron chi connectivity index (χ1n) is 7.24. The van der Waals surface area contributed by atoms with E-state index < -0.39 is 0 Å². The van der Waals surface area contributed by atoms with E-state index in [4.69, 9.17) is 4.74 Å². The molecule has 0 amide bonds. The minimum atomic E-state index is -0.332. The van der Waals surface area contributed by atoms with Gasteiger partial charge in [0.1, 0.15) is 5.82 Å². The molecule has 1 N–H and O–H groups in total. The largest absolute Gasteiger partial charge is 0.465 e. The molecule has 1 fully saturated rings. The molecule has 20 heavy (non-hydrogen) atoms. The third kappa shape index (κ3) is 3.50. The van der Waals surface area contributed by atoms with Gasteiger partial charge in [-0.3, -0.25) is 0 Å². The first-order valence-corrected chi connectivity index (χ1v) is 7.24. The smallest absolute Gasteiger partial charge is 0.339 e. The lowest BCUT2D eigenvalue weighted by molar-refractivity contribution is 0.0599. The second-order valence-corrected chi connectivity index (χ2v) is 6.40. The molecule has 4 heteroatoms. The van der Waals surface area contributed by atoms with Gasteiger partial charge in [-0.15, -0.1) is 0 Å². The number of anilines is 1. The van der Waals surface area contributed by atoms with Crippen molar-refractivity contribution in [1.82, 2.24) is 4.98 Å². The molecular formula is C16H24N2O2. The molecule has 4 nitrogen and oxygen atoms in total. The lowest BCUT2D eigenvalue weighted by atomic mass is 9.75. The van der Waals surface area contributed by atoms with Crippen molar-refractivity contribution >= 4 is 11.8 Å². The number of nitrogens with zero attached hydrogens (tertiary/aromatic N) is 1. The van der Waals surface area contributed by atoms with Crippen molar-refractivity contribution in [2.45, 2.75) is 52.5 Å². The summed E-state index contributed by atoms with van der Waals surface area (Å²) in [5.74, 6) is 0.515. The second-order valence-electron chi connectivity index (χ2n) is 6.40. The molecule has 1 saturated carbocycles. The lowest BCUT2D eigenvalue weighted by Crippen LogP contribution is -2.30. The molecule has 0 radical (unpaired) electrons. The van der Waals surface area contributed by atoms with Gasteiger partial charge in [0.2, 0.25) is 0 Å². The van der Waals surface area contributed by atoms with E-state index in [0.29, 0.717) is 22.7 Å². The van der Waals surface area contributed by atoms with Crippen LogP contribution in [0.25, 0.3) is 0 Å². The van der Waals surface area contributed by atoms with E-state index >= 15 is 0 Å². The van der Waals surface area contributed by atoms with Gasteiger partial charge in [-0.25, -0.2) is 9.78 Å². The molecular weight excluding hydrogens is 252 g/mol. The Labute approximate surface area is 120 Å². The van der Waals surface area contributed by atoms with Crippen molar-refractivity contribution in [3.63, 3.8) is 0 Å². The summed E-state index contributed by atoms with van der Waals surface area (Å²) in [4.78, 5) is 16.0. The van der Waals surface area contributed by atoms with E-state index in [0.717, 1.165) is 5.82 Å². The number of ether oxygens (including phenoxy) is 1. The second kappa shape index (κ2) is 5.81. The predicted octanol–water partition coefficient (Wildman–Crippen LogP) is 3.56. The zero-order chi connectivity index (χ0) is 14.8. The van der Waals surface area contributed by atoms with Crippen LogP contribution in [0.2, 0.25) is 0 Å². The summed E-state index contributed by atoms with van der Waals surface area (Å²) in [6.45, 7) is 6.49. The molecule has 0 aromatic carbocycles.